The minimum atomic E-state index is -0.722. The first-order valence-electron chi connectivity index (χ1n) is 13.2. The Bertz CT molecular complexity index is 1620. The van der Waals surface area contributed by atoms with E-state index in [4.69, 9.17) is 14.2 Å². The maximum atomic E-state index is 13.1. The highest BCUT2D eigenvalue weighted by atomic mass is 32.2. The third-order valence-corrected chi connectivity index (χ3v) is 7.43. The Hall–Kier alpha value is -4.84. The van der Waals surface area contributed by atoms with Crippen molar-refractivity contribution in [3.05, 3.63) is 91.9 Å². The zero-order valence-corrected chi connectivity index (χ0v) is 25.1. The summed E-state index contributed by atoms with van der Waals surface area (Å²) >= 11 is 0.822. The van der Waals surface area contributed by atoms with Gasteiger partial charge in [-0.1, -0.05) is 32.0 Å². The lowest BCUT2D eigenvalue weighted by molar-refractivity contribution is -0.385. The van der Waals surface area contributed by atoms with Gasteiger partial charge in [0.25, 0.3) is 11.1 Å². The molecular formula is C31H30N2O9S. The lowest BCUT2D eigenvalue weighted by atomic mass is 10.0. The molecule has 1 aliphatic heterocycles. The second-order valence-electron chi connectivity index (χ2n) is 9.82. The number of thioether (sulfide) groups is 1. The molecule has 3 aromatic rings. The van der Waals surface area contributed by atoms with Gasteiger partial charge in [-0.3, -0.25) is 24.6 Å². The summed E-state index contributed by atoms with van der Waals surface area (Å²) in [6, 6.07) is 14.4. The molecule has 0 aliphatic carbocycles. The number of carbonyl (C=O) groups excluding carboxylic acids is 3. The third-order valence-electron chi connectivity index (χ3n) is 6.52. The molecule has 224 valence electrons. The van der Waals surface area contributed by atoms with E-state index >= 15 is 0 Å². The molecule has 0 radical (unpaired) electrons. The third kappa shape index (κ3) is 7.15. The smallest absolute Gasteiger partial charge is 0.338 e. The van der Waals surface area contributed by atoms with Gasteiger partial charge >= 0.3 is 11.7 Å². The molecule has 43 heavy (non-hydrogen) atoms. The van der Waals surface area contributed by atoms with Crippen LogP contribution in [0.4, 0.5) is 10.5 Å². The van der Waals surface area contributed by atoms with Crippen molar-refractivity contribution in [1.29, 1.82) is 0 Å². The summed E-state index contributed by atoms with van der Waals surface area (Å²) in [5.74, 6) is 0.108. The van der Waals surface area contributed by atoms with E-state index < -0.39 is 27.7 Å². The SMILES string of the molecule is COC(=O)c1ccc(Oc2ccc(/C=C3\SC(=O)N(CCOc4cc(C)ccc4C(C)C)C3=O)cc2OC)c([N+](=O)[O-])c1. The molecule has 0 aromatic heterocycles. The van der Waals surface area contributed by atoms with Gasteiger partial charge in [0.15, 0.2) is 11.5 Å². The van der Waals surface area contributed by atoms with E-state index in [0.717, 1.165) is 39.6 Å². The molecule has 1 fully saturated rings. The Kier molecular flexibility index (Phi) is 9.71. The van der Waals surface area contributed by atoms with Crippen LogP contribution < -0.4 is 14.2 Å². The van der Waals surface area contributed by atoms with Gasteiger partial charge < -0.3 is 18.9 Å². The van der Waals surface area contributed by atoms with Crippen LogP contribution in [-0.4, -0.2) is 54.3 Å². The van der Waals surface area contributed by atoms with Crippen LogP contribution in [0.2, 0.25) is 0 Å². The van der Waals surface area contributed by atoms with Gasteiger partial charge in [0.2, 0.25) is 5.75 Å². The van der Waals surface area contributed by atoms with Crippen LogP contribution in [-0.2, 0) is 9.53 Å². The number of aryl methyl sites for hydroxylation is 1. The van der Waals surface area contributed by atoms with Crippen molar-refractivity contribution in [1.82, 2.24) is 4.90 Å². The van der Waals surface area contributed by atoms with Crippen LogP contribution in [0.15, 0.2) is 59.5 Å². The fourth-order valence-corrected chi connectivity index (χ4v) is 5.17. The van der Waals surface area contributed by atoms with Gasteiger partial charge in [0.1, 0.15) is 12.4 Å². The Morgan fingerprint density at radius 2 is 1.74 bits per heavy atom. The minimum Gasteiger partial charge on any atom is -0.493 e. The average Bonchev–Trinajstić information content (AvgIpc) is 3.24. The fraction of sp³-hybridized carbons (Fsp3) is 0.258. The van der Waals surface area contributed by atoms with Crippen molar-refractivity contribution in [2.24, 2.45) is 0 Å². The molecule has 2 amide bonds. The van der Waals surface area contributed by atoms with Crippen LogP contribution in [0.5, 0.6) is 23.0 Å². The fourth-order valence-electron chi connectivity index (χ4n) is 4.30. The second-order valence-corrected chi connectivity index (χ2v) is 10.8. The summed E-state index contributed by atoms with van der Waals surface area (Å²) in [7, 11) is 2.57. The molecule has 0 atom stereocenters. The second kappa shape index (κ2) is 13.4. The monoisotopic (exact) mass is 606 g/mol. The van der Waals surface area contributed by atoms with Crippen molar-refractivity contribution in [3.63, 3.8) is 0 Å². The minimum absolute atomic E-state index is 0.000145. The Balaban J connectivity index is 1.48. The molecule has 0 spiro atoms. The lowest BCUT2D eigenvalue weighted by Gasteiger charge is -2.17. The van der Waals surface area contributed by atoms with Crippen LogP contribution in [0.1, 0.15) is 46.8 Å². The van der Waals surface area contributed by atoms with E-state index in [1.54, 1.807) is 18.2 Å². The van der Waals surface area contributed by atoms with E-state index in [-0.39, 0.29) is 46.8 Å². The van der Waals surface area contributed by atoms with E-state index in [0.29, 0.717) is 5.56 Å². The number of nitro benzene ring substituents is 1. The largest absolute Gasteiger partial charge is 0.493 e. The van der Waals surface area contributed by atoms with Gasteiger partial charge in [-0.05, 0) is 77.7 Å². The standard InChI is InChI=1S/C31H30N2O9S/c1-18(2)22-9-6-19(3)14-26(22)41-13-12-32-29(34)28(43-31(32)36)16-20-7-10-25(27(15-20)39-4)42-24-11-8-21(30(35)40-5)17-23(24)33(37)38/h6-11,14-18H,12-13H2,1-5H3/b28-16-. The number of carbonyl (C=O) groups is 3. The van der Waals surface area contributed by atoms with Gasteiger partial charge in [0.05, 0.1) is 36.2 Å². The number of imide groups is 1. The molecular weight excluding hydrogens is 576 g/mol. The van der Waals surface area contributed by atoms with Gasteiger partial charge in [-0.25, -0.2) is 4.79 Å². The van der Waals surface area contributed by atoms with Crippen molar-refractivity contribution >= 4 is 40.6 Å². The molecule has 1 saturated heterocycles. The summed E-state index contributed by atoms with van der Waals surface area (Å²) in [6.45, 7) is 6.36. The van der Waals surface area contributed by atoms with Crippen molar-refractivity contribution in [3.8, 4) is 23.0 Å². The van der Waals surface area contributed by atoms with Crippen LogP contribution in [0.3, 0.4) is 0 Å². The molecule has 0 N–H and O–H groups in total. The highest BCUT2D eigenvalue weighted by Gasteiger charge is 2.35. The molecule has 0 bridgehead atoms. The normalized spacial score (nSPS) is 13.9. The number of nitro groups is 1. The number of ether oxygens (including phenoxy) is 4. The first-order valence-corrected chi connectivity index (χ1v) is 14.0. The molecule has 12 heteroatoms. The van der Waals surface area contributed by atoms with Crippen LogP contribution in [0.25, 0.3) is 6.08 Å². The number of amides is 2. The van der Waals surface area contributed by atoms with Crippen molar-refractivity contribution < 1.29 is 38.3 Å². The van der Waals surface area contributed by atoms with E-state index in [2.05, 4.69) is 18.6 Å². The number of nitrogens with zero attached hydrogens (tertiary/aromatic N) is 2. The first kappa shape index (κ1) is 31.1. The topological polar surface area (TPSA) is 135 Å². The number of hydrogen-bond acceptors (Lipinski definition) is 10. The van der Waals surface area contributed by atoms with Crippen LogP contribution >= 0.6 is 11.8 Å². The van der Waals surface area contributed by atoms with Crippen molar-refractivity contribution in [2.45, 2.75) is 26.7 Å². The predicted molar refractivity (Wildman–Crippen MR) is 161 cm³/mol. The van der Waals surface area contributed by atoms with Gasteiger partial charge in [-0.15, -0.1) is 0 Å². The maximum absolute atomic E-state index is 13.1. The molecule has 0 saturated carbocycles. The summed E-state index contributed by atoms with van der Waals surface area (Å²) in [5.41, 5.74) is 2.21. The molecule has 1 heterocycles. The Morgan fingerprint density at radius 1 is 1.00 bits per heavy atom. The highest BCUT2D eigenvalue weighted by Crippen LogP contribution is 2.39. The summed E-state index contributed by atoms with van der Waals surface area (Å²) in [6.07, 6.45) is 1.56. The summed E-state index contributed by atoms with van der Waals surface area (Å²) < 4.78 is 21.8. The average molecular weight is 607 g/mol. The van der Waals surface area contributed by atoms with E-state index in [1.807, 2.05) is 25.1 Å². The molecule has 4 rings (SSSR count). The van der Waals surface area contributed by atoms with Crippen molar-refractivity contribution in [2.75, 3.05) is 27.4 Å². The number of rotatable bonds is 11. The predicted octanol–water partition coefficient (Wildman–Crippen LogP) is 6.73. The number of hydrogen-bond donors (Lipinski definition) is 0. The van der Waals surface area contributed by atoms with Crippen LogP contribution in [0, 0.1) is 17.0 Å². The first-order chi connectivity index (χ1) is 20.5. The van der Waals surface area contributed by atoms with Gasteiger partial charge in [-0.2, -0.15) is 0 Å². The zero-order valence-electron chi connectivity index (χ0n) is 24.2. The number of esters is 1. The summed E-state index contributed by atoms with van der Waals surface area (Å²) in [4.78, 5) is 49.8. The zero-order chi connectivity index (χ0) is 31.3. The Morgan fingerprint density at radius 3 is 2.42 bits per heavy atom. The molecule has 1 aliphatic rings. The quantitative estimate of drug-likeness (QED) is 0.100. The highest BCUT2D eigenvalue weighted by molar-refractivity contribution is 8.18. The number of benzene rings is 3. The molecule has 3 aromatic carbocycles. The van der Waals surface area contributed by atoms with E-state index in [9.17, 15) is 24.5 Å². The molecule has 0 unspecified atom stereocenters. The number of methoxy groups -OCH3 is 2. The lowest BCUT2D eigenvalue weighted by Crippen LogP contribution is -2.32. The van der Waals surface area contributed by atoms with E-state index in [1.165, 1.54) is 32.4 Å². The molecule has 11 nitrogen and oxygen atoms in total. The van der Waals surface area contributed by atoms with Gasteiger partial charge in [0, 0.05) is 6.07 Å². The summed E-state index contributed by atoms with van der Waals surface area (Å²) in [5, 5.41) is 11.2. The Labute approximate surface area is 252 Å². The maximum Gasteiger partial charge on any atom is 0.338 e.